The lowest BCUT2D eigenvalue weighted by Crippen LogP contribution is -2.58. The number of carbonyl (C=O) groups excluding carboxylic acids is 4. The van der Waals surface area contributed by atoms with Crippen molar-refractivity contribution in [3.63, 3.8) is 0 Å². The second kappa shape index (κ2) is 12.6. The summed E-state index contributed by atoms with van der Waals surface area (Å²) in [5, 5.41) is 5.32. The average Bonchev–Trinajstić information content (AvgIpc) is 2.88. The number of nitrogens with one attached hydrogen (secondary N) is 2. The number of ether oxygens (including phenoxy) is 2. The normalized spacial score (nSPS) is 19.0. The summed E-state index contributed by atoms with van der Waals surface area (Å²) in [6.45, 7) is 11.9. The summed E-state index contributed by atoms with van der Waals surface area (Å²) < 4.78 is 26.0. The van der Waals surface area contributed by atoms with Crippen LogP contribution in [-0.4, -0.2) is 47.4 Å². The molecule has 0 aliphatic carbocycles. The Labute approximate surface area is 244 Å². The molecule has 3 rings (SSSR count). The molecule has 2 aromatic rings. The van der Waals surface area contributed by atoms with Crippen LogP contribution in [0.3, 0.4) is 0 Å². The molecule has 0 spiro atoms. The Morgan fingerprint density at radius 2 is 1.66 bits per heavy atom. The van der Waals surface area contributed by atoms with Crippen LogP contribution in [0, 0.1) is 17.7 Å². The van der Waals surface area contributed by atoms with Gasteiger partial charge in [0, 0.05) is 16.7 Å². The SMILES string of the molecule is CC(=O)c1ccc2c(c1)[C@H](NC(=O)c1ccc(F)c(Cl)c1)[C@H](OC(=O)[C@@H](NC(=O)[C@@H](N)C(C)C)C(C)C)C(C)(C)O2. The summed E-state index contributed by atoms with van der Waals surface area (Å²) >= 11 is 5.90. The second-order valence-corrected chi connectivity index (χ2v) is 11.9. The molecule has 9 nitrogen and oxygen atoms in total. The smallest absolute Gasteiger partial charge is 0.329 e. The number of hydrogen-bond acceptors (Lipinski definition) is 7. The van der Waals surface area contributed by atoms with Crippen LogP contribution in [0.4, 0.5) is 4.39 Å². The van der Waals surface area contributed by atoms with E-state index in [0.717, 1.165) is 6.07 Å². The van der Waals surface area contributed by atoms with Gasteiger partial charge >= 0.3 is 5.97 Å². The Balaban J connectivity index is 2.03. The maximum atomic E-state index is 13.8. The molecule has 1 aliphatic heterocycles. The van der Waals surface area contributed by atoms with Gasteiger partial charge in [0.1, 0.15) is 23.2 Å². The Kier molecular flexibility index (Phi) is 9.81. The van der Waals surface area contributed by atoms with Crippen LogP contribution in [0.2, 0.25) is 5.02 Å². The van der Waals surface area contributed by atoms with Crippen molar-refractivity contribution >= 4 is 35.2 Å². The van der Waals surface area contributed by atoms with Crippen molar-refractivity contribution in [1.29, 1.82) is 0 Å². The molecule has 4 atom stereocenters. The number of hydrogen-bond donors (Lipinski definition) is 3. The zero-order chi connectivity index (χ0) is 30.8. The lowest BCUT2D eigenvalue weighted by molar-refractivity contribution is -0.169. The summed E-state index contributed by atoms with van der Waals surface area (Å²) in [6, 6.07) is 5.46. The fraction of sp³-hybridized carbons (Fsp3) is 0.467. The fourth-order valence-electron chi connectivity index (χ4n) is 4.48. The Morgan fingerprint density at radius 3 is 2.22 bits per heavy atom. The van der Waals surface area contributed by atoms with Crippen LogP contribution in [0.25, 0.3) is 0 Å². The number of Topliss-reactive ketones (excluding diaryl/α,β-unsaturated/α-hetero) is 1. The van der Waals surface area contributed by atoms with Crippen molar-refractivity contribution in [2.75, 3.05) is 0 Å². The van der Waals surface area contributed by atoms with Gasteiger partial charge in [-0.2, -0.15) is 0 Å². The van der Waals surface area contributed by atoms with E-state index in [2.05, 4.69) is 10.6 Å². The van der Waals surface area contributed by atoms with E-state index in [1.165, 1.54) is 19.1 Å². The Morgan fingerprint density at radius 1 is 1.02 bits per heavy atom. The predicted molar refractivity (Wildman–Crippen MR) is 152 cm³/mol. The van der Waals surface area contributed by atoms with Gasteiger partial charge < -0.3 is 25.8 Å². The Hall–Kier alpha value is -3.50. The topological polar surface area (TPSA) is 137 Å². The number of benzene rings is 2. The molecule has 11 heteroatoms. The number of amides is 2. The first kappa shape index (κ1) is 32.0. The van der Waals surface area contributed by atoms with Gasteiger partial charge in [-0.3, -0.25) is 14.4 Å². The summed E-state index contributed by atoms with van der Waals surface area (Å²) in [5.41, 5.74) is 5.66. The highest BCUT2D eigenvalue weighted by Gasteiger charge is 2.48. The first-order valence-corrected chi connectivity index (χ1v) is 13.8. The number of carbonyl (C=O) groups is 4. The third-order valence-electron chi connectivity index (χ3n) is 7.06. The molecule has 0 unspecified atom stereocenters. The number of esters is 1. The molecular weight excluding hydrogens is 553 g/mol. The van der Waals surface area contributed by atoms with Crippen molar-refractivity contribution in [2.24, 2.45) is 17.6 Å². The third-order valence-corrected chi connectivity index (χ3v) is 7.35. The number of rotatable bonds is 9. The molecule has 0 bridgehead atoms. The summed E-state index contributed by atoms with van der Waals surface area (Å²) in [6.07, 6.45) is -1.11. The summed E-state index contributed by atoms with van der Waals surface area (Å²) in [4.78, 5) is 51.8. The highest BCUT2D eigenvalue weighted by Crippen LogP contribution is 2.42. The van der Waals surface area contributed by atoms with Gasteiger partial charge in [-0.05, 0) is 69.0 Å². The van der Waals surface area contributed by atoms with Crippen LogP contribution in [0.15, 0.2) is 36.4 Å². The number of halogens is 2. The van der Waals surface area contributed by atoms with Gasteiger partial charge in [0.05, 0.1) is 17.1 Å². The molecule has 0 saturated carbocycles. The van der Waals surface area contributed by atoms with Crippen LogP contribution < -0.4 is 21.1 Å². The highest BCUT2D eigenvalue weighted by atomic mass is 35.5. The molecular formula is C30H37ClFN3O6. The Bertz CT molecular complexity index is 1350. The molecule has 2 amide bonds. The van der Waals surface area contributed by atoms with Gasteiger partial charge in [0.25, 0.3) is 5.91 Å². The lowest BCUT2D eigenvalue weighted by Gasteiger charge is -2.44. The molecule has 1 heterocycles. The van der Waals surface area contributed by atoms with E-state index in [0.29, 0.717) is 16.9 Å². The van der Waals surface area contributed by atoms with Crippen molar-refractivity contribution in [2.45, 2.75) is 78.3 Å². The predicted octanol–water partition coefficient (Wildman–Crippen LogP) is 4.36. The van der Waals surface area contributed by atoms with Crippen LogP contribution in [-0.2, 0) is 14.3 Å². The van der Waals surface area contributed by atoms with Crippen LogP contribution >= 0.6 is 11.6 Å². The number of nitrogens with two attached hydrogens (primary N) is 1. The van der Waals surface area contributed by atoms with Crippen molar-refractivity contribution < 1.29 is 33.0 Å². The molecule has 0 radical (unpaired) electrons. The van der Waals surface area contributed by atoms with Crippen molar-refractivity contribution in [3.8, 4) is 5.75 Å². The molecule has 0 fully saturated rings. The minimum atomic E-state index is -1.17. The monoisotopic (exact) mass is 589 g/mol. The van der Waals surface area contributed by atoms with Gasteiger partial charge in [-0.25, -0.2) is 9.18 Å². The van der Waals surface area contributed by atoms with E-state index in [4.69, 9.17) is 26.8 Å². The van der Waals surface area contributed by atoms with E-state index >= 15 is 0 Å². The molecule has 0 saturated heterocycles. The van der Waals surface area contributed by atoms with Crippen LogP contribution in [0.5, 0.6) is 5.75 Å². The van der Waals surface area contributed by atoms with E-state index < -0.39 is 53.4 Å². The summed E-state index contributed by atoms with van der Waals surface area (Å²) in [7, 11) is 0. The van der Waals surface area contributed by atoms with Gasteiger partial charge in [-0.1, -0.05) is 39.3 Å². The maximum absolute atomic E-state index is 13.8. The lowest BCUT2D eigenvalue weighted by atomic mass is 9.85. The standard InChI is InChI=1S/C30H37ClFN3O6/c1-14(2)23(33)28(38)34-24(15(3)4)29(39)40-26-25(35-27(37)18-8-10-21(32)20(31)13-18)19-12-17(16(5)36)9-11-22(19)41-30(26,6)7/h8-15,23-26H,33H2,1-7H3,(H,34,38)(H,35,37)/t23-,24-,25-,26-/m0/s1. The molecule has 4 N–H and O–H groups in total. The number of ketones is 1. The minimum absolute atomic E-state index is 0.0741. The fourth-order valence-corrected chi connectivity index (χ4v) is 4.66. The van der Waals surface area contributed by atoms with Crippen molar-refractivity contribution in [3.05, 3.63) is 63.9 Å². The van der Waals surface area contributed by atoms with Crippen molar-refractivity contribution in [1.82, 2.24) is 10.6 Å². The molecule has 0 aromatic heterocycles. The minimum Gasteiger partial charge on any atom is -0.484 e. The largest absolute Gasteiger partial charge is 0.484 e. The van der Waals surface area contributed by atoms with Gasteiger partial charge in [-0.15, -0.1) is 0 Å². The first-order chi connectivity index (χ1) is 19.0. The third kappa shape index (κ3) is 7.23. The first-order valence-electron chi connectivity index (χ1n) is 13.4. The van der Waals surface area contributed by atoms with E-state index in [9.17, 15) is 23.6 Å². The molecule has 2 aromatic carbocycles. The quantitative estimate of drug-likeness (QED) is 0.292. The molecule has 41 heavy (non-hydrogen) atoms. The summed E-state index contributed by atoms with van der Waals surface area (Å²) in [5.74, 6) is -2.90. The zero-order valence-electron chi connectivity index (χ0n) is 24.2. The zero-order valence-corrected chi connectivity index (χ0v) is 25.0. The molecule has 222 valence electrons. The van der Waals surface area contributed by atoms with Gasteiger partial charge in [0.2, 0.25) is 5.91 Å². The highest BCUT2D eigenvalue weighted by molar-refractivity contribution is 6.31. The van der Waals surface area contributed by atoms with E-state index in [1.807, 2.05) is 0 Å². The molecule has 1 aliphatic rings. The number of fused-ring (bicyclic) bond motifs is 1. The second-order valence-electron chi connectivity index (χ2n) is 11.5. The average molecular weight is 590 g/mol. The maximum Gasteiger partial charge on any atom is 0.329 e. The van der Waals surface area contributed by atoms with Crippen LogP contribution in [0.1, 0.15) is 80.8 Å². The van der Waals surface area contributed by atoms with E-state index in [1.54, 1.807) is 59.7 Å². The van der Waals surface area contributed by atoms with Gasteiger partial charge in [0.15, 0.2) is 11.9 Å². The van der Waals surface area contributed by atoms with E-state index in [-0.39, 0.29) is 28.2 Å².